The molecule has 0 aliphatic carbocycles. The normalized spacial score (nSPS) is 10.5. The van der Waals surface area contributed by atoms with Crippen LogP contribution in [0.5, 0.6) is 0 Å². The fraction of sp³-hybridized carbons (Fsp3) is 0.500. The minimum Gasteiger partial charge on any atom is -0.355 e. The van der Waals surface area contributed by atoms with E-state index in [2.05, 4.69) is 24.5 Å². The summed E-state index contributed by atoms with van der Waals surface area (Å²) in [6.45, 7) is 6.19. The molecule has 1 amide bonds. The average Bonchev–Trinajstić information content (AvgIpc) is 2.30. The molecular formula is C14H22N2O. The van der Waals surface area contributed by atoms with Gasteiger partial charge < -0.3 is 10.6 Å². The number of benzene rings is 1. The van der Waals surface area contributed by atoms with Crippen molar-refractivity contribution in [3.63, 3.8) is 0 Å². The average molecular weight is 234 g/mol. The van der Waals surface area contributed by atoms with Crippen molar-refractivity contribution in [2.24, 2.45) is 5.92 Å². The van der Waals surface area contributed by atoms with Gasteiger partial charge in [-0.05, 0) is 17.9 Å². The second-order valence-electron chi connectivity index (χ2n) is 4.62. The Morgan fingerprint density at radius 2 is 1.94 bits per heavy atom. The van der Waals surface area contributed by atoms with Crippen LogP contribution in [0.2, 0.25) is 0 Å². The highest BCUT2D eigenvalue weighted by atomic mass is 16.1. The Morgan fingerprint density at radius 1 is 1.24 bits per heavy atom. The highest BCUT2D eigenvalue weighted by molar-refractivity contribution is 5.77. The van der Waals surface area contributed by atoms with E-state index in [4.69, 9.17) is 0 Å². The van der Waals surface area contributed by atoms with E-state index in [0.717, 1.165) is 19.5 Å². The van der Waals surface area contributed by atoms with E-state index in [-0.39, 0.29) is 5.91 Å². The molecule has 0 aliphatic rings. The number of nitrogens with one attached hydrogen (secondary N) is 2. The second kappa shape index (κ2) is 7.85. The predicted molar refractivity (Wildman–Crippen MR) is 70.6 cm³/mol. The van der Waals surface area contributed by atoms with Crippen molar-refractivity contribution in [1.82, 2.24) is 10.6 Å². The lowest BCUT2D eigenvalue weighted by molar-refractivity contribution is -0.120. The summed E-state index contributed by atoms with van der Waals surface area (Å²) < 4.78 is 0. The van der Waals surface area contributed by atoms with Gasteiger partial charge in [0.15, 0.2) is 0 Å². The Labute approximate surface area is 104 Å². The maximum Gasteiger partial charge on any atom is 0.233 e. The summed E-state index contributed by atoms with van der Waals surface area (Å²) in [6, 6.07) is 10.1. The third-order valence-corrected chi connectivity index (χ3v) is 2.50. The van der Waals surface area contributed by atoms with Crippen LogP contribution < -0.4 is 10.6 Å². The fourth-order valence-electron chi connectivity index (χ4n) is 1.48. The molecule has 0 heterocycles. The van der Waals surface area contributed by atoms with Gasteiger partial charge in [-0.2, -0.15) is 0 Å². The zero-order valence-electron chi connectivity index (χ0n) is 10.7. The molecule has 17 heavy (non-hydrogen) atoms. The SMILES string of the molecule is CC(C)CCNC(=O)CNCc1ccccc1. The van der Waals surface area contributed by atoms with Gasteiger partial charge in [0.25, 0.3) is 0 Å². The summed E-state index contributed by atoms with van der Waals surface area (Å²) in [7, 11) is 0. The number of rotatable bonds is 7. The lowest BCUT2D eigenvalue weighted by Gasteiger charge is -2.08. The van der Waals surface area contributed by atoms with Gasteiger partial charge in [-0.25, -0.2) is 0 Å². The summed E-state index contributed by atoms with van der Waals surface area (Å²) in [4.78, 5) is 11.4. The van der Waals surface area contributed by atoms with Crippen LogP contribution in [0.4, 0.5) is 0 Å². The molecule has 0 aromatic heterocycles. The summed E-state index contributed by atoms with van der Waals surface area (Å²) in [5, 5.41) is 6.03. The van der Waals surface area contributed by atoms with Crippen molar-refractivity contribution in [2.45, 2.75) is 26.8 Å². The van der Waals surface area contributed by atoms with Crippen molar-refractivity contribution < 1.29 is 4.79 Å². The second-order valence-corrected chi connectivity index (χ2v) is 4.62. The van der Waals surface area contributed by atoms with Gasteiger partial charge >= 0.3 is 0 Å². The van der Waals surface area contributed by atoms with E-state index in [9.17, 15) is 4.79 Å². The van der Waals surface area contributed by atoms with Gasteiger partial charge in [0.05, 0.1) is 6.54 Å². The first-order valence-electron chi connectivity index (χ1n) is 6.20. The first-order valence-corrected chi connectivity index (χ1v) is 6.20. The lowest BCUT2D eigenvalue weighted by Crippen LogP contribution is -2.34. The molecule has 0 atom stereocenters. The zero-order chi connectivity index (χ0) is 12.5. The molecule has 94 valence electrons. The van der Waals surface area contributed by atoms with Crippen LogP contribution in [-0.4, -0.2) is 19.0 Å². The molecule has 1 rings (SSSR count). The maximum atomic E-state index is 11.4. The van der Waals surface area contributed by atoms with Gasteiger partial charge in [-0.3, -0.25) is 4.79 Å². The Bertz CT molecular complexity index is 322. The third kappa shape index (κ3) is 6.74. The fourth-order valence-corrected chi connectivity index (χ4v) is 1.48. The van der Waals surface area contributed by atoms with Crippen LogP contribution in [0.15, 0.2) is 30.3 Å². The van der Waals surface area contributed by atoms with Crippen molar-refractivity contribution >= 4 is 5.91 Å². The zero-order valence-corrected chi connectivity index (χ0v) is 10.7. The molecule has 0 spiro atoms. The van der Waals surface area contributed by atoms with Crippen LogP contribution in [0, 0.1) is 5.92 Å². The van der Waals surface area contributed by atoms with E-state index in [1.807, 2.05) is 30.3 Å². The summed E-state index contributed by atoms with van der Waals surface area (Å²) in [5.41, 5.74) is 1.20. The first kappa shape index (κ1) is 13.7. The first-order chi connectivity index (χ1) is 8.18. The van der Waals surface area contributed by atoms with E-state index in [1.54, 1.807) is 0 Å². The van der Waals surface area contributed by atoms with Crippen molar-refractivity contribution in [2.75, 3.05) is 13.1 Å². The van der Waals surface area contributed by atoms with Crippen molar-refractivity contribution in [3.05, 3.63) is 35.9 Å². The molecular weight excluding hydrogens is 212 g/mol. The third-order valence-electron chi connectivity index (χ3n) is 2.50. The molecule has 2 N–H and O–H groups in total. The van der Waals surface area contributed by atoms with E-state index < -0.39 is 0 Å². The van der Waals surface area contributed by atoms with E-state index in [1.165, 1.54) is 5.56 Å². The largest absolute Gasteiger partial charge is 0.355 e. The molecule has 0 fully saturated rings. The van der Waals surface area contributed by atoms with Crippen molar-refractivity contribution in [3.8, 4) is 0 Å². The Hall–Kier alpha value is -1.35. The van der Waals surface area contributed by atoms with Gasteiger partial charge in [-0.15, -0.1) is 0 Å². The maximum absolute atomic E-state index is 11.4. The molecule has 1 aromatic carbocycles. The monoisotopic (exact) mass is 234 g/mol. The van der Waals surface area contributed by atoms with Crippen LogP contribution in [-0.2, 0) is 11.3 Å². The summed E-state index contributed by atoms with van der Waals surface area (Å²) >= 11 is 0. The molecule has 0 saturated carbocycles. The van der Waals surface area contributed by atoms with Crippen LogP contribution in [0.1, 0.15) is 25.8 Å². The van der Waals surface area contributed by atoms with Gasteiger partial charge in [0.1, 0.15) is 0 Å². The topological polar surface area (TPSA) is 41.1 Å². The van der Waals surface area contributed by atoms with Crippen LogP contribution in [0.25, 0.3) is 0 Å². The Balaban J connectivity index is 2.08. The molecule has 1 aromatic rings. The molecule has 3 nitrogen and oxygen atoms in total. The van der Waals surface area contributed by atoms with Gasteiger partial charge in [-0.1, -0.05) is 44.2 Å². The van der Waals surface area contributed by atoms with E-state index >= 15 is 0 Å². The van der Waals surface area contributed by atoms with E-state index in [0.29, 0.717) is 12.5 Å². The Kier molecular flexibility index (Phi) is 6.33. The van der Waals surface area contributed by atoms with Gasteiger partial charge in [0.2, 0.25) is 5.91 Å². The lowest BCUT2D eigenvalue weighted by atomic mass is 10.1. The molecule has 0 aliphatic heterocycles. The molecule has 0 radical (unpaired) electrons. The minimum atomic E-state index is 0.0709. The van der Waals surface area contributed by atoms with Crippen molar-refractivity contribution in [1.29, 1.82) is 0 Å². The number of hydrogen-bond acceptors (Lipinski definition) is 2. The summed E-state index contributed by atoms with van der Waals surface area (Å²) in [6.07, 6.45) is 1.03. The molecule has 3 heteroatoms. The molecule has 0 unspecified atom stereocenters. The number of carbonyl (C=O) groups is 1. The molecule has 0 bridgehead atoms. The molecule has 0 saturated heterocycles. The van der Waals surface area contributed by atoms with Gasteiger partial charge in [0, 0.05) is 13.1 Å². The Morgan fingerprint density at radius 3 is 2.59 bits per heavy atom. The highest BCUT2D eigenvalue weighted by Gasteiger charge is 2.00. The van der Waals surface area contributed by atoms with Crippen LogP contribution in [0.3, 0.4) is 0 Å². The standard InChI is InChI=1S/C14H22N2O/c1-12(2)8-9-16-14(17)11-15-10-13-6-4-3-5-7-13/h3-7,12,15H,8-11H2,1-2H3,(H,16,17). The predicted octanol–water partition coefficient (Wildman–Crippen LogP) is 1.94. The highest BCUT2D eigenvalue weighted by Crippen LogP contribution is 1.97. The van der Waals surface area contributed by atoms with Crippen LogP contribution >= 0.6 is 0 Å². The number of amides is 1. The number of hydrogen-bond donors (Lipinski definition) is 2. The smallest absolute Gasteiger partial charge is 0.233 e. The number of carbonyl (C=O) groups excluding carboxylic acids is 1. The minimum absolute atomic E-state index is 0.0709. The summed E-state index contributed by atoms with van der Waals surface area (Å²) in [5.74, 6) is 0.703. The quantitative estimate of drug-likeness (QED) is 0.757.